The van der Waals surface area contributed by atoms with E-state index in [2.05, 4.69) is 106 Å². The van der Waals surface area contributed by atoms with E-state index < -0.39 is 24.0 Å². The van der Waals surface area contributed by atoms with Crippen LogP contribution in [-0.4, -0.2) is 37.2 Å². The fraction of sp³-hybridized carbons (Fsp3) is 0.457. The highest BCUT2D eigenvalue weighted by atomic mass is 16.6. The van der Waals surface area contributed by atoms with Crippen LogP contribution in [0.1, 0.15) is 117 Å². The third kappa shape index (κ3) is 36.8. The molecule has 0 radical (unpaired) electrons. The first kappa shape index (κ1) is 47.5. The predicted molar refractivity (Wildman–Crippen MR) is 219 cm³/mol. The van der Waals surface area contributed by atoms with Crippen molar-refractivity contribution in [3.63, 3.8) is 0 Å². The van der Waals surface area contributed by atoms with E-state index in [0.717, 1.165) is 64.2 Å². The van der Waals surface area contributed by atoms with Crippen LogP contribution in [0, 0.1) is 0 Å². The maximum absolute atomic E-state index is 12.5. The summed E-state index contributed by atoms with van der Waals surface area (Å²) in [7, 11) is 0. The Hall–Kier alpha value is -4.45. The van der Waals surface area contributed by atoms with E-state index in [9.17, 15) is 14.4 Å². The van der Waals surface area contributed by atoms with Crippen LogP contribution < -0.4 is 0 Å². The number of carbonyl (C=O) groups is 3. The SMILES string of the molecule is CC/C=C\C/C=C\C/C=C\C/C=C\C/C=C\CCC(=O)OCC(COC(=O)C/C=C\C/C=C\C/C=C\CC)OC(=O)C/C=C\C/C=C\C/C=C\CC. The Morgan fingerprint density at radius 1 is 0.385 bits per heavy atom. The second-order valence-electron chi connectivity index (χ2n) is 11.7. The van der Waals surface area contributed by atoms with Crippen molar-refractivity contribution >= 4 is 17.9 Å². The van der Waals surface area contributed by atoms with E-state index in [1.807, 2.05) is 36.5 Å². The molecule has 6 nitrogen and oxygen atoms in total. The van der Waals surface area contributed by atoms with Gasteiger partial charge in [0.05, 0.1) is 12.8 Å². The molecular weight excluding hydrogens is 648 g/mol. The van der Waals surface area contributed by atoms with Crippen molar-refractivity contribution in [1.29, 1.82) is 0 Å². The van der Waals surface area contributed by atoms with Gasteiger partial charge in [0.15, 0.2) is 6.10 Å². The lowest BCUT2D eigenvalue weighted by atomic mass is 10.2. The Labute approximate surface area is 315 Å². The fourth-order valence-electron chi connectivity index (χ4n) is 4.20. The van der Waals surface area contributed by atoms with E-state index in [1.54, 1.807) is 12.2 Å². The summed E-state index contributed by atoms with van der Waals surface area (Å²) in [5.74, 6) is -1.34. The van der Waals surface area contributed by atoms with Crippen LogP contribution in [0.5, 0.6) is 0 Å². The Morgan fingerprint density at radius 2 is 0.692 bits per heavy atom. The van der Waals surface area contributed by atoms with E-state index in [0.29, 0.717) is 12.8 Å². The number of esters is 3. The summed E-state index contributed by atoms with van der Waals surface area (Å²) in [6.45, 7) is 5.96. The van der Waals surface area contributed by atoms with Gasteiger partial charge < -0.3 is 14.2 Å². The highest BCUT2D eigenvalue weighted by molar-refractivity contribution is 5.72. The molecule has 0 aliphatic heterocycles. The highest BCUT2D eigenvalue weighted by Crippen LogP contribution is 2.05. The minimum absolute atomic E-state index is 0.0660. The second kappa shape index (κ2) is 39.3. The number of hydrogen-bond acceptors (Lipinski definition) is 6. The zero-order chi connectivity index (χ0) is 38.0. The Kier molecular flexibility index (Phi) is 36.0. The monoisotopic (exact) mass is 714 g/mol. The van der Waals surface area contributed by atoms with Gasteiger partial charge in [0.1, 0.15) is 13.2 Å². The molecule has 0 aliphatic rings. The topological polar surface area (TPSA) is 78.9 Å². The zero-order valence-electron chi connectivity index (χ0n) is 32.2. The van der Waals surface area contributed by atoms with Crippen LogP contribution in [0.2, 0.25) is 0 Å². The molecule has 0 rings (SSSR count). The summed E-state index contributed by atoms with van der Waals surface area (Å²) in [6.07, 6.45) is 55.2. The number of allylic oxidation sites excluding steroid dienone is 20. The summed E-state index contributed by atoms with van der Waals surface area (Å²) < 4.78 is 16.3. The molecule has 0 fully saturated rings. The van der Waals surface area contributed by atoms with Crippen LogP contribution >= 0.6 is 0 Å². The number of ether oxygens (including phenoxy) is 3. The molecule has 6 heteroatoms. The van der Waals surface area contributed by atoms with Gasteiger partial charge in [0.2, 0.25) is 0 Å². The number of carbonyl (C=O) groups excluding carboxylic acids is 3. The molecule has 0 aromatic rings. The maximum Gasteiger partial charge on any atom is 0.310 e. The van der Waals surface area contributed by atoms with Gasteiger partial charge in [-0.3, -0.25) is 14.4 Å². The van der Waals surface area contributed by atoms with Gasteiger partial charge in [-0.25, -0.2) is 0 Å². The minimum atomic E-state index is -0.893. The Balaban J connectivity index is 4.67. The first-order chi connectivity index (χ1) is 25.5. The van der Waals surface area contributed by atoms with Crippen LogP contribution in [0.15, 0.2) is 134 Å². The van der Waals surface area contributed by atoms with Gasteiger partial charge in [-0.1, -0.05) is 154 Å². The molecule has 52 heavy (non-hydrogen) atoms. The van der Waals surface area contributed by atoms with Gasteiger partial charge >= 0.3 is 17.9 Å². The molecule has 0 saturated heterocycles. The van der Waals surface area contributed by atoms with Crippen LogP contribution in [0.25, 0.3) is 0 Å². The lowest BCUT2D eigenvalue weighted by molar-refractivity contribution is -0.165. The summed E-state index contributed by atoms with van der Waals surface area (Å²) >= 11 is 0. The third-order valence-electron chi connectivity index (χ3n) is 6.96. The molecule has 0 bridgehead atoms. The zero-order valence-corrected chi connectivity index (χ0v) is 32.2. The minimum Gasteiger partial charge on any atom is -0.462 e. The largest absolute Gasteiger partial charge is 0.462 e. The van der Waals surface area contributed by atoms with Crippen molar-refractivity contribution in [1.82, 2.24) is 0 Å². The average molecular weight is 715 g/mol. The predicted octanol–water partition coefficient (Wildman–Crippen LogP) is 12.0. The van der Waals surface area contributed by atoms with E-state index in [-0.39, 0.29) is 32.5 Å². The van der Waals surface area contributed by atoms with Crippen molar-refractivity contribution < 1.29 is 28.6 Å². The molecular formula is C46H66O6. The van der Waals surface area contributed by atoms with Gasteiger partial charge in [0.25, 0.3) is 0 Å². The number of hydrogen-bond donors (Lipinski definition) is 0. The first-order valence-corrected chi connectivity index (χ1v) is 19.2. The van der Waals surface area contributed by atoms with Crippen molar-refractivity contribution in [2.24, 2.45) is 0 Å². The molecule has 0 aromatic carbocycles. The molecule has 1 atom stereocenters. The van der Waals surface area contributed by atoms with Gasteiger partial charge in [-0.15, -0.1) is 0 Å². The molecule has 0 spiro atoms. The number of rotatable bonds is 31. The third-order valence-corrected chi connectivity index (χ3v) is 6.96. The van der Waals surface area contributed by atoms with E-state index in [1.165, 1.54) is 0 Å². The molecule has 0 aromatic heterocycles. The van der Waals surface area contributed by atoms with Gasteiger partial charge in [-0.2, -0.15) is 0 Å². The Morgan fingerprint density at radius 3 is 1.08 bits per heavy atom. The summed E-state index contributed by atoms with van der Waals surface area (Å²) in [5, 5.41) is 0. The lowest BCUT2D eigenvalue weighted by Gasteiger charge is -2.17. The van der Waals surface area contributed by atoms with Gasteiger partial charge in [0, 0.05) is 6.42 Å². The smallest absolute Gasteiger partial charge is 0.310 e. The maximum atomic E-state index is 12.5. The van der Waals surface area contributed by atoms with E-state index in [4.69, 9.17) is 14.2 Å². The molecule has 286 valence electrons. The normalized spacial score (nSPS) is 13.5. The highest BCUT2D eigenvalue weighted by Gasteiger charge is 2.18. The quantitative estimate of drug-likeness (QED) is 0.0404. The van der Waals surface area contributed by atoms with Gasteiger partial charge in [-0.05, 0) is 77.0 Å². The molecule has 0 saturated carbocycles. The summed E-state index contributed by atoms with van der Waals surface area (Å²) in [5.41, 5.74) is 0. The lowest BCUT2D eigenvalue weighted by Crippen LogP contribution is -2.30. The summed E-state index contributed by atoms with van der Waals surface area (Å²) in [6, 6.07) is 0. The van der Waals surface area contributed by atoms with Crippen LogP contribution in [0.4, 0.5) is 0 Å². The fourth-order valence-corrected chi connectivity index (χ4v) is 4.20. The van der Waals surface area contributed by atoms with Crippen molar-refractivity contribution in [3.05, 3.63) is 134 Å². The average Bonchev–Trinajstić information content (AvgIpc) is 3.14. The molecule has 0 aliphatic carbocycles. The Bertz CT molecular complexity index is 1240. The molecule has 1 unspecified atom stereocenters. The van der Waals surface area contributed by atoms with Crippen molar-refractivity contribution in [2.45, 2.75) is 123 Å². The van der Waals surface area contributed by atoms with Crippen LogP contribution in [-0.2, 0) is 28.6 Å². The molecule has 0 amide bonds. The standard InChI is InChI=1S/C46H66O6/c1-4-7-10-13-16-19-20-21-22-23-24-25-28-30-33-36-39-45(48)51-42-43(52-46(49)40-37-34-31-27-18-15-12-9-6-3)41-50-44(47)38-35-32-29-26-17-14-11-8-5-2/h7-12,16-19,21-22,24-27,30,32-35,37,43H,4-6,13-15,20,23,28-29,31,36,38-42H2,1-3H3/b10-7-,11-8-,12-9-,19-16-,22-21-,25-24-,26-17-,27-18-,33-30-,35-32-,37-34-. The van der Waals surface area contributed by atoms with Crippen molar-refractivity contribution in [2.75, 3.05) is 13.2 Å². The van der Waals surface area contributed by atoms with Crippen molar-refractivity contribution in [3.8, 4) is 0 Å². The molecule has 0 heterocycles. The van der Waals surface area contributed by atoms with E-state index >= 15 is 0 Å². The van der Waals surface area contributed by atoms with Crippen LogP contribution in [0.3, 0.4) is 0 Å². The summed E-state index contributed by atoms with van der Waals surface area (Å²) in [4.78, 5) is 37.2. The second-order valence-corrected chi connectivity index (χ2v) is 11.7. The first-order valence-electron chi connectivity index (χ1n) is 19.2. The molecule has 0 N–H and O–H groups in total.